The molecular formula is C49H59N7O8. The number of benzene rings is 3. The van der Waals surface area contributed by atoms with E-state index in [1.807, 2.05) is 36.8 Å². The van der Waals surface area contributed by atoms with Crippen LogP contribution in [0.3, 0.4) is 0 Å². The van der Waals surface area contributed by atoms with Crippen molar-refractivity contribution in [3.63, 3.8) is 0 Å². The fourth-order valence-electron chi connectivity index (χ4n) is 10.7. The number of fused-ring (bicyclic) bond motifs is 6. The van der Waals surface area contributed by atoms with Crippen molar-refractivity contribution in [1.29, 1.82) is 0 Å². The summed E-state index contributed by atoms with van der Waals surface area (Å²) in [5, 5.41) is 7.81. The molecule has 9 rings (SSSR count). The van der Waals surface area contributed by atoms with Crippen molar-refractivity contribution >= 4 is 46.2 Å². The van der Waals surface area contributed by atoms with Crippen molar-refractivity contribution in [2.45, 2.75) is 122 Å². The lowest BCUT2D eigenvalue weighted by molar-refractivity contribution is -0.138. The Morgan fingerprint density at radius 2 is 1.64 bits per heavy atom. The van der Waals surface area contributed by atoms with Gasteiger partial charge in [0.1, 0.15) is 30.3 Å². The molecule has 3 fully saturated rings. The number of hydrogen-bond acceptors (Lipinski definition) is 10. The Morgan fingerprint density at radius 3 is 2.39 bits per heavy atom. The van der Waals surface area contributed by atoms with Crippen molar-refractivity contribution < 1.29 is 38.1 Å². The van der Waals surface area contributed by atoms with E-state index in [0.29, 0.717) is 44.9 Å². The first kappa shape index (κ1) is 43.3. The van der Waals surface area contributed by atoms with Gasteiger partial charge in [0.2, 0.25) is 11.8 Å². The molecule has 15 heteroatoms. The number of rotatable bonds is 10. The number of amides is 4. The van der Waals surface area contributed by atoms with E-state index in [9.17, 15) is 19.2 Å². The van der Waals surface area contributed by atoms with Crippen LogP contribution in [0.4, 0.5) is 15.3 Å². The molecule has 0 bridgehead atoms. The van der Waals surface area contributed by atoms with E-state index >= 15 is 0 Å². The number of alkyl carbamates (subject to hydrolysis) is 2. The SMILES string of the molecule is CC[C@H]1CC[C@@H](C2=Nc3ccc4cc5c(cc4c3C2)OCc2cc(-c3cnc([C@@H]4CC[C@H](C)N4C(=O)C(NC(=O)OC)C(C)C)[nH]3)ccc2-5)N1C(=O)[C@@H](NC(=O)OC)C1CCOCC1. The van der Waals surface area contributed by atoms with Gasteiger partial charge in [0, 0.05) is 43.0 Å². The summed E-state index contributed by atoms with van der Waals surface area (Å²) < 4.78 is 21.9. The summed E-state index contributed by atoms with van der Waals surface area (Å²) >= 11 is 0. The number of H-pyrrole nitrogens is 1. The monoisotopic (exact) mass is 873 g/mol. The normalized spacial score (nSPS) is 22.6. The number of imidazole rings is 1. The van der Waals surface area contributed by atoms with E-state index in [-0.39, 0.29) is 47.8 Å². The number of methoxy groups -OCH3 is 2. The van der Waals surface area contributed by atoms with Gasteiger partial charge < -0.3 is 44.4 Å². The molecule has 338 valence electrons. The lowest BCUT2D eigenvalue weighted by Crippen LogP contribution is -2.57. The minimum atomic E-state index is -0.717. The number of aliphatic imine (C=N–C) groups is 1. The van der Waals surface area contributed by atoms with Crippen LogP contribution in [-0.4, -0.2) is 107 Å². The second kappa shape index (κ2) is 17.9. The molecule has 0 radical (unpaired) electrons. The standard InChI is InChI=1S/C49H59N7O8/c1-7-32-11-15-40(56(32)47(58)44(54-49(60)62-6)28-16-18-63-19-17-28)38-22-35-34-23-42-36(21-29(34)10-13-37(35)51-38)33-12-9-30(20-31(33)25-64-42)39-24-50-45(52-39)41-14-8-27(4)55(41)46(57)43(26(2)3)53-48(59)61-5/h9-10,12-13,20-21,23-24,26-28,32,40-41,43-44H,7-8,11,14-19,22,25H2,1-6H3,(H,50,52)(H,53,59)(H,54,60)/t27-,32-,40-,41-,43?,44-/m0/s1. The third-order valence-electron chi connectivity index (χ3n) is 14.2. The van der Waals surface area contributed by atoms with Crippen molar-refractivity contribution in [3.8, 4) is 28.1 Å². The van der Waals surface area contributed by atoms with Crippen LogP contribution in [0.5, 0.6) is 5.75 Å². The summed E-state index contributed by atoms with van der Waals surface area (Å²) in [6.07, 6.45) is 6.71. The number of carbonyl (C=O) groups is 4. The summed E-state index contributed by atoms with van der Waals surface area (Å²) in [4.78, 5) is 70.5. The van der Waals surface area contributed by atoms with Crippen molar-refractivity contribution in [3.05, 3.63) is 65.6 Å². The van der Waals surface area contributed by atoms with Gasteiger partial charge in [-0.2, -0.15) is 0 Å². The topological polar surface area (TPSA) is 177 Å². The average Bonchev–Trinajstić information content (AvgIpc) is 4.14. The van der Waals surface area contributed by atoms with Crippen LogP contribution in [0.2, 0.25) is 0 Å². The molecule has 3 saturated heterocycles. The van der Waals surface area contributed by atoms with Crippen LogP contribution in [0.1, 0.15) is 95.6 Å². The zero-order valence-electron chi connectivity index (χ0n) is 37.6. The van der Waals surface area contributed by atoms with Crippen LogP contribution < -0.4 is 15.4 Å². The number of likely N-dealkylation sites (tertiary alicyclic amines) is 2. The number of hydrogen-bond donors (Lipinski definition) is 3. The predicted molar refractivity (Wildman–Crippen MR) is 241 cm³/mol. The van der Waals surface area contributed by atoms with Gasteiger partial charge in [0.05, 0.1) is 43.9 Å². The highest BCUT2D eigenvalue weighted by molar-refractivity contribution is 6.07. The molecule has 5 aliphatic heterocycles. The highest BCUT2D eigenvalue weighted by Gasteiger charge is 2.45. The predicted octanol–water partition coefficient (Wildman–Crippen LogP) is 7.77. The van der Waals surface area contributed by atoms with Crippen LogP contribution in [0.25, 0.3) is 33.2 Å². The third-order valence-corrected chi connectivity index (χ3v) is 14.2. The second-order valence-corrected chi connectivity index (χ2v) is 18.3. The van der Waals surface area contributed by atoms with Gasteiger partial charge in [0.25, 0.3) is 0 Å². The average molecular weight is 874 g/mol. The molecule has 6 heterocycles. The summed E-state index contributed by atoms with van der Waals surface area (Å²) in [6.45, 7) is 9.49. The maximum Gasteiger partial charge on any atom is 0.407 e. The van der Waals surface area contributed by atoms with Gasteiger partial charge in [-0.25, -0.2) is 14.6 Å². The lowest BCUT2D eigenvalue weighted by Gasteiger charge is -2.37. The van der Waals surface area contributed by atoms with Gasteiger partial charge in [-0.05, 0) is 121 Å². The van der Waals surface area contributed by atoms with Crippen LogP contribution in [-0.2, 0) is 36.8 Å². The summed E-state index contributed by atoms with van der Waals surface area (Å²) in [6, 6.07) is 13.1. The van der Waals surface area contributed by atoms with Gasteiger partial charge in [-0.1, -0.05) is 39.0 Å². The molecule has 0 saturated carbocycles. The fourth-order valence-corrected chi connectivity index (χ4v) is 10.7. The Hall–Kier alpha value is -5.96. The molecule has 64 heavy (non-hydrogen) atoms. The molecular weight excluding hydrogens is 815 g/mol. The maximum atomic E-state index is 14.6. The Bertz CT molecular complexity index is 2490. The van der Waals surface area contributed by atoms with E-state index in [0.717, 1.165) is 93.5 Å². The largest absolute Gasteiger partial charge is 0.488 e. The van der Waals surface area contributed by atoms with Gasteiger partial charge in [-0.3, -0.25) is 14.6 Å². The number of carbonyl (C=O) groups excluding carboxylic acids is 4. The highest BCUT2D eigenvalue weighted by atomic mass is 16.5. The van der Waals surface area contributed by atoms with Crippen LogP contribution in [0.15, 0.2) is 53.7 Å². The van der Waals surface area contributed by atoms with Crippen molar-refractivity contribution in [1.82, 2.24) is 30.4 Å². The zero-order valence-corrected chi connectivity index (χ0v) is 37.6. The Balaban J connectivity index is 0.939. The summed E-state index contributed by atoms with van der Waals surface area (Å²) in [5.74, 6) is 1.15. The first-order valence-corrected chi connectivity index (χ1v) is 22.9. The minimum absolute atomic E-state index is 0.0140. The van der Waals surface area contributed by atoms with E-state index in [2.05, 4.69) is 65.0 Å². The van der Waals surface area contributed by atoms with Crippen LogP contribution in [0, 0.1) is 11.8 Å². The van der Waals surface area contributed by atoms with E-state index in [1.54, 1.807) is 0 Å². The number of nitrogens with one attached hydrogen (secondary N) is 3. The van der Waals surface area contributed by atoms with Gasteiger partial charge in [-0.15, -0.1) is 0 Å². The molecule has 6 atom stereocenters. The van der Waals surface area contributed by atoms with E-state index in [1.165, 1.54) is 14.2 Å². The molecule has 0 spiro atoms. The molecule has 3 aromatic carbocycles. The van der Waals surface area contributed by atoms with Crippen LogP contribution >= 0.6 is 0 Å². The Labute approximate surface area is 373 Å². The number of ether oxygens (including phenoxy) is 4. The number of aromatic amines is 1. The summed E-state index contributed by atoms with van der Waals surface area (Å²) in [7, 11) is 2.62. The first-order chi connectivity index (χ1) is 31.0. The maximum absolute atomic E-state index is 14.6. The number of aromatic nitrogens is 2. The van der Waals surface area contributed by atoms with Gasteiger partial charge >= 0.3 is 12.2 Å². The minimum Gasteiger partial charge on any atom is -0.488 e. The van der Waals surface area contributed by atoms with Crippen molar-refractivity contribution in [2.75, 3.05) is 27.4 Å². The molecule has 1 aromatic heterocycles. The smallest absolute Gasteiger partial charge is 0.407 e. The van der Waals surface area contributed by atoms with E-state index in [4.69, 9.17) is 28.9 Å². The fraction of sp³-hybridized carbons (Fsp3) is 0.510. The molecule has 4 amide bonds. The summed E-state index contributed by atoms with van der Waals surface area (Å²) in [5.41, 5.74) is 8.03. The quantitative estimate of drug-likeness (QED) is 0.144. The molecule has 5 aliphatic rings. The lowest BCUT2D eigenvalue weighted by atomic mass is 9.89. The molecule has 1 unspecified atom stereocenters. The Kier molecular flexibility index (Phi) is 12.1. The number of nitrogens with zero attached hydrogens (tertiary/aromatic N) is 4. The Morgan fingerprint density at radius 1 is 0.875 bits per heavy atom. The zero-order chi connectivity index (χ0) is 44.8. The first-order valence-electron chi connectivity index (χ1n) is 22.9. The van der Waals surface area contributed by atoms with E-state index < -0.39 is 24.3 Å². The molecule has 4 aromatic rings. The third kappa shape index (κ3) is 7.96. The highest BCUT2D eigenvalue weighted by Crippen LogP contribution is 2.45. The molecule has 3 N–H and O–H groups in total. The molecule has 0 aliphatic carbocycles. The molecule has 15 nitrogen and oxygen atoms in total. The van der Waals surface area contributed by atoms with Crippen molar-refractivity contribution in [2.24, 2.45) is 16.8 Å². The van der Waals surface area contributed by atoms with Gasteiger partial charge in [0.15, 0.2) is 0 Å². The second-order valence-electron chi connectivity index (χ2n) is 18.3.